The van der Waals surface area contributed by atoms with Crippen LogP contribution >= 0.6 is 0 Å². The van der Waals surface area contributed by atoms with Crippen molar-refractivity contribution in [2.45, 2.75) is 51.1 Å². The predicted molar refractivity (Wildman–Crippen MR) is 113 cm³/mol. The van der Waals surface area contributed by atoms with Crippen LogP contribution in [-0.2, 0) is 0 Å². The Bertz CT molecular complexity index is 975. The van der Waals surface area contributed by atoms with E-state index in [-0.39, 0.29) is 30.2 Å². The number of carboxylic acid groups (broad SMARTS) is 1. The minimum absolute atomic E-state index is 0.0852. The molecule has 160 valence electrons. The number of aromatic nitrogens is 2. The van der Waals surface area contributed by atoms with Crippen molar-refractivity contribution >= 4 is 12.0 Å². The Morgan fingerprint density at radius 1 is 1.07 bits per heavy atom. The Kier molecular flexibility index (Phi) is 5.65. The topological polar surface area (TPSA) is 98.6 Å². The van der Waals surface area contributed by atoms with Crippen molar-refractivity contribution in [2.75, 3.05) is 19.6 Å². The van der Waals surface area contributed by atoms with Gasteiger partial charge in [-0.25, -0.2) is 9.59 Å². The second-order valence-corrected chi connectivity index (χ2v) is 8.26. The first-order chi connectivity index (χ1) is 14.5. The van der Waals surface area contributed by atoms with Crippen molar-refractivity contribution in [3.63, 3.8) is 0 Å². The van der Waals surface area contributed by atoms with E-state index in [4.69, 9.17) is 0 Å². The number of H-pyrrole nitrogens is 1. The molecule has 4 rings (SSSR count). The van der Waals surface area contributed by atoms with Crippen LogP contribution in [0.15, 0.2) is 35.1 Å². The largest absolute Gasteiger partial charge is 0.465 e. The summed E-state index contributed by atoms with van der Waals surface area (Å²) < 4.78 is 1.78. The molecule has 0 bridgehead atoms. The van der Waals surface area contributed by atoms with E-state index in [2.05, 4.69) is 4.98 Å². The van der Waals surface area contributed by atoms with Crippen molar-refractivity contribution in [3.8, 4) is 11.3 Å². The van der Waals surface area contributed by atoms with Crippen LogP contribution in [-0.4, -0.2) is 62.1 Å². The number of aromatic amines is 1. The zero-order valence-electron chi connectivity index (χ0n) is 17.2. The normalized spacial score (nSPS) is 20.4. The third-order valence-corrected chi connectivity index (χ3v) is 6.29. The van der Waals surface area contributed by atoms with Crippen molar-refractivity contribution in [1.29, 1.82) is 0 Å². The summed E-state index contributed by atoms with van der Waals surface area (Å²) in [7, 11) is 0. The Balaban J connectivity index is 1.72. The van der Waals surface area contributed by atoms with Gasteiger partial charge in [0.25, 0.3) is 5.91 Å². The number of nitrogens with zero attached hydrogens (tertiary/aromatic N) is 3. The number of hydrogen-bond acceptors (Lipinski definition) is 3. The van der Waals surface area contributed by atoms with Gasteiger partial charge in [0.15, 0.2) is 0 Å². The van der Waals surface area contributed by atoms with Gasteiger partial charge in [-0.15, -0.1) is 0 Å². The highest BCUT2D eigenvalue weighted by Crippen LogP contribution is 2.33. The summed E-state index contributed by atoms with van der Waals surface area (Å²) in [5.41, 5.74) is 1.53. The first-order valence-electron chi connectivity index (χ1n) is 10.7. The summed E-state index contributed by atoms with van der Waals surface area (Å²) in [6.45, 7) is 2.66. The molecule has 8 heteroatoms. The number of imidazole rings is 1. The highest BCUT2D eigenvalue weighted by Gasteiger charge is 2.33. The summed E-state index contributed by atoms with van der Waals surface area (Å²) in [5, 5.41) is 9.30. The van der Waals surface area contributed by atoms with Crippen LogP contribution in [0.1, 0.15) is 55.6 Å². The minimum atomic E-state index is -0.976. The number of benzene rings is 1. The van der Waals surface area contributed by atoms with Gasteiger partial charge in [0, 0.05) is 37.3 Å². The molecule has 1 unspecified atom stereocenters. The molecule has 1 saturated carbocycles. The molecule has 2 aliphatic rings. The lowest BCUT2D eigenvalue weighted by Crippen LogP contribution is -2.55. The zero-order valence-corrected chi connectivity index (χ0v) is 17.2. The highest BCUT2D eigenvalue weighted by molar-refractivity contribution is 5.98. The fraction of sp³-hybridized carbons (Fsp3) is 0.500. The molecule has 2 amide bonds. The molecule has 2 heterocycles. The van der Waals surface area contributed by atoms with Gasteiger partial charge >= 0.3 is 11.8 Å². The summed E-state index contributed by atoms with van der Waals surface area (Å²) >= 11 is 0. The van der Waals surface area contributed by atoms with E-state index in [1.165, 1.54) is 11.3 Å². The average molecular weight is 412 g/mol. The third-order valence-electron chi connectivity index (χ3n) is 6.29. The molecule has 2 fully saturated rings. The standard InChI is InChI=1S/C22H28N4O4/c1-15-14-24(12-13-25(15)22(29)30)20(27)18-19(16-8-4-2-5-9-16)26(21(28)23-18)17-10-6-3-7-11-17/h2,4-5,8-9,15,17H,3,6-7,10-14H2,1H3,(H,23,28)(H,29,30). The van der Waals surface area contributed by atoms with Gasteiger partial charge in [-0.05, 0) is 19.8 Å². The van der Waals surface area contributed by atoms with Crippen molar-refractivity contribution < 1.29 is 14.7 Å². The van der Waals surface area contributed by atoms with E-state index in [0.717, 1.165) is 31.2 Å². The maximum atomic E-state index is 13.4. The number of carbonyl (C=O) groups excluding carboxylic acids is 1. The second-order valence-electron chi connectivity index (χ2n) is 8.26. The predicted octanol–water partition coefficient (Wildman–Crippen LogP) is 3.17. The van der Waals surface area contributed by atoms with Gasteiger partial charge in [-0.3, -0.25) is 9.36 Å². The van der Waals surface area contributed by atoms with Gasteiger partial charge in [-0.1, -0.05) is 49.6 Å². The number of carbonyl (C=O) groups is 2. The zero-order chi connectivity index (χ0) is 21.3. The van der Waals surface area contributed by atoms with E-state index < -0.39 is 6.09 Å². The van der Waals surface area contributed by atoms with Gasteiger partial charge in [-0.2, -0.15) is 0 Å². The number of piperazine rings is 1. The first-order valence-corrected chi connectivity index (χ1v) is 10.7. The maximum absolute atomic E-state index is 13.4. The fourth-order valence-corrected chi connectivity index (χ4v) is 4.75. The molecule has 8 nitrogen and oxygen atoms in total. The van der Waals surface area contributed by atoms with Gasteiger partial charge in [0.1, 0.15) is 5.69 Å². The van der Waals surface area contributed by atoms with Crippen LogP contribution in [0.2, 0.25) is 0 Å². The van der Waals surface area contributed by atoms with Crippen LogP contribution in [0.3, 0.4) is 0 Å². The molecule has 2 aromatic rings. The molecule has 1 aromatic carbocycles. The quantitative estimate of drug-likeness (QED) is 0.809. The van der Waals surface area contributed by atoms with E-state index in [1.807, 2.05) is 30.3 Å². The maximum Gasteiger partial charge on any atom is 0.407 e. The highest BCUT2D eigenvalue weighted by atomic mass is 16.4. The minimum Gasteiger partial charge on any atom is -0.465 e. The van der Waals surface area contributed by atoms with Gasteiger partial charge < -0.3 is 19.9 Å². The third kappa shape index (κ3) is 3.74. The van der Waals surface area contributed by atoms with Crippen molar-refractivity contribution in [3.05, 3.63) is 46.5 Å². The molecule has 1 aromatic heterocycles. The molecule has 0 spiro atoms. The number of amides is 2. The molecule has 0 radical (unpaired) electrons. The van der Waals surface area contributed by atoms with Crippen LogP contribution < -0.4 is 5.69 Å². The SMILES string of the molecule is CC1CN(C(=O)c2[nH]c(=O)n(C3CCCCC3)c2-c2ccccc2)CCN1C(=O)O. The Morgan fingerprint density at radius 3 is 2.40 bits per heavy atom. The Labute approximate surface area is 175 Å². The number of nitrogens with one attached hydrogen (secondary N) is 1. The molecule has 2 N–H and O–H groups in total. The molecular weight excluding hydrogens is 384 g/mol. The lowest BCUT2D eigenvalue weighted by atomic mass is 9.94. The monoisotopic (exact) mass is 412 g/mol. The molecule has 30 heavy (non-hydrogen) atoms. The van der Waals surface area contributed by atoms with Gasteiger partial charge in [0.2, 0.25) is 0 Å². The number of rotatable bonds is 3. The van der Waals surface area contributed by atoms with E-state index in [0.29, 0.717) is 24.5 Å². The Hall–Kier alpha value is -3.03. The van der Waals surface area contributed by atoms with Crippen LogP contribution in [0, 0.1) is 0 Å². The van der Waals surface area contributed by atoms with E-state index in [9.17, 15) is 19.5 Å². The number of hydrogen-bond donors (Lipinski definition) is 2. The van der Waals surface area contributed by atoms with Crippen molar-refractivity contribution in [2.24, 2.45) is 0 Å². The first kappa shape index (κ1) is 20.3. The summed E-state index contributed by atoms with van der Waals surface area (Å²) in [5.74, 6) is -0.252. The van der Waals surface area contributed by atoms with Gasteiger partial charge in [0.05, 0.1) is 5.69 Å². The second kappa shape index (κ2) is 8.38. The molecule has 1 aliphatic heterocycles. The van der Waals surface area contributed by atoms with E-state index in [1.54, 1.807) is 16.4 Å². The molecular formula is C22H28N4O4. The average Bonchev–Trinajstić information content (AvgIpc) is 3.11. The summed E-state index contributed by atoms with van der Waals surface area (Å²) in [6, 6.07) is 9.34. The molecule has 1 aliphatic carbocycles. The molecule has 1 saturated heterocycles. The fourth-order valence-electron chi connectivity index (χ4n) is 4.75. The van der Waals surface area contributed by atoms with Crippen molar-refractivity contribution in [1.82, 2.24) is 19.4 Å². The van der Waals surface area contributed by atoms with E-state index >= 15 is 0 Å². The Morgan fingerprint density at radius 2 is 1.77 bits per heavy atom. The lowest BCUT2D eigenvalue weighted by molar-refractivity contribution is 0.0503. The molecule has 1 atom stereocenters. The smallest absolute Gasteiger partial charge is 0.407 e. The summed E-state index contributed by atoms with van der Waals surface area (Å²) in [6.07, 6.45) is 4.21. The van der Waals surface area contributed by atoms with Crippen LogP contribution in [0.25, 0.3) is 11.3 Å². The summed E-state index contributed by atoms with van der Waals surface area (Å²) in [4.78, 5) is 43.6. The van der Waals surface area contributed by atoms with Crippen LogP contribution in [0.4, 0.5) is 4.79 Å². The lowest BCUT2D eigenvalue weighted by Gasteiger charge is -2.38. The van der Waals surface area contributed by atoms with Crippen LogP contribution in [0.5, 0.6) is 0 Å².